The summed E-state index contributed by atoms with van der Waals surface area (Å²) in [6.07, 6.45) is 5.93. The van der Waals surface area contributed by atoms with Crippen molar-refractivity contribution in [2.24, 2.45) is 12.0 Å². The molecule has 2 heterocycles. The van der Waals surface area contributed by atoms with Gasteiger partial charge in [0, 0.05) is 44.8 Å². The highest BCUT2D eigenvalue weighted by atomic mass is 127. The standard InChI is InChI=1S/C16H25N5S.HI/c1-4-17-16(18-9-7-14-12-19-21(3)13-14)20(2)10-8-15-6-5-11-22-15;/h5-6,11-13H,4,7-10H2,1-3H3,(H,17,18);1H. The quantitative estimate of drug-likeness (QED) is 0.404. The van der Waals surface area contributed by atoms with E-state index in [0.717, 1.165) is 38.4 Å². The van der Waals surface area contributed by atoms with E-state index in [4.69, 9.17) is 4.99 Å². The lowest BCUT2D eigenvalue weighted by molar-refractivity contribution is 0.487. The van der Waals surface area contributed by atoms with Gasteiger partial charge in [-0.15, -0.1) is 35.3 Å². The normalized spacial score (nSPS) is 11.2. The van der Waals surface area contributed by atoms with Crippen molar-refractivity contribution < 1.29 is 0 Å². The van der Waals surface area contributed by atoms with Gasteiger partial charge in [0.15, 0.2) is 5.96 Å². The maximum absolute atomic E-state index is 4.72. The number of aromatic nitrogens is 2. The third-order valence-electron chi connectivity index (χ3n) is 3.39. The summed E-state index contributed by atoms with van der Waals surface area (Å²) in [5.41, 5.74) is 1.23. The molecule has 0 fully saturated rings. The molecule has 0 bridgehead atoms. The molecule has 5 nitrogen and oxygen atoms in total. The van der Waals surface area contributed by atoms with E-state index in [2.05, 4.69) is 46.8 Å². The van der Waals surface area contributed by atoms with Gasteiger partial charge in [-0.1, -0.05) is 6.07 Å². The zero-order chi connectivity index (χ0) is 15.8. The first kappa shape index (κ1) is 20.0. The molecule has 23 heavy (non-hydrogen) atoms. The number of hydrogen-bond acceptors (Lipinski definition) is 3. The Balaban J connectivity index is 0.00000264. The van der Waals surface area contributed by atoms with Gasteiger partial charge in [0.2, 0.25) is 0 Å². The molecule has 0 unspecified atom stereocenters. The van der Waals surface area contributed by atoms with Crippen LogP contribution in [-0.2, 0) is 19.9 Å². The van der Waals surface area contributed by atoms with E-state index in [9.17, 15) is 0 Å². The van der Waals surface area contributed by atoms with Crippen LogP contribution < -0.4 is 5.32 Å². The van der Waals surface area contributed by atoms with Crippen LogP contribution in [0.15, 0.2) is 34.9 Å². The fourth-order valence-electron chi connectivity index (χ4n) is 2.20. The predicted molar refractivity (Wildman–Crippen MR) is 109 cm³/mol. The summed E-state index contributed by atoms with van der Waals surface area (Å²) in [6.45, 7) is 4.73. The molecule has 0 saturated carbocycles. The average molecular weight is 447 g/mol. The minimum absolute atomic E-state index is 0. The molecule has 2 aromatic rings. The Hall–Kier alpha value is -1.09. The summed E-state index contributed by atoms with van der Waals surface area (Å²) >= 11 is 1.81. The molecule has 7 heteroatoms. The lowest BCUT2D eigenvalue weighted by Gasteiger charge is -2.21. The summed E-state index contributed by atoms with van der Waals surface area (Å²) in [5.74, 6) is 0.975. The monoisotopic (exact) mass is 447 g/mol. The Labute approximate surface area is 159 Å². The van der Waals surface area contributed by atoms with E-state index >= 15 is 0 Å². The van der Waals surface area contributed by atoms with E-state index in [1.54, 1.807) is 0 Å². The molecule has 2 rings (SSSR count). The maximum atomic E-state index is 4.72. The molecular weight excluding hydrogens is 421 g/mol. The van der Waals surface area contributed by atoms with E-state index in [0.29, 0.717) is 0 Å². The molecule has 0 amide bonds. The first-order valence-electron chi connectivity index (χ1n) is 7.68. The Morgan fingerprint density at radius 2 is 2.26 bits per heavy atom. The molecule has 0 radical (unpaired) electrons. The number of halogens is 1. The third kappa shape index (κ3) is 6.90. The Kier molecular flexibility index (Phi) is 9.23. The second kappa shape index (κ2) is 10.6. The number of aliphatic imine (C=N–C) groups is 1. The fourth-order valence-corrected chi connectivity index (χ4v) is 2.90. The summed E-state index contributed by atoms with van der Waals surface area (Å²) in [6, 6.07) is 4.29. The van der Waals surface area contributed by atoms with Crippen molar-refractivity contribution in [1.29, 1.82) is 0 Å². The van der Waals surface area contributed by atoms with Crippen LogP contribution in [0.3, 0.4) is 0 Å². The van der Waals surface area contributed by atoms with Gasteiger partial charge in [0.25, 0.3) is 0 Å². The molecule has 0 aliphatic carbocycles. The number of nitrogens with zero attached hydrogens (tertiary/aromatic N) is 4. The van der Waals surface area contributed by atoms with Gasteiger partial charge in [0.1, 0.15) is 0 Å². The first-order valence-corrected chi connectivity index (χ1v) is 8.56. The number of thiophene rings is 1. The van der Waals surface area contributed by atoms with E-state index in [-0.39, 0.29) is 24.0 Å². The zero-order valence-electron chi connectivity index (χ0n) is 14.0. The number of aryl methyl sites for hydroxylation is 1. The second-order valence-corrected chi connectivity index (χ2v) is 6.29. The summed E-state index contributed by atoms with van der Waals surface area (Å²) in [5, 5.41) is 9.68. The van der Waals surface area contributed by atoms with Gasteiger partial charge < -0.3 is 10.2 Å². The Morgan fingerprint density at radius 1 is 1.43 bits per heavy atom. The molecule has 128 valence electrons. The second-order valence-electron chi connectivity index (χ2n) is 5.26. The number of likely N-dealkylation sites (N-methyl/N-ethyl adjacent to an activating group) is 1. The van der Waals surface area contributed by atoms with Gasteiger partial charge in [-0.25, -0.2) is 0 Å². The van der Waals surface area contributed by atoms with E-state index in [1.807, 2.05) is 35.5 Å². The molecule has 0 aliphatic heterocycles. The van der Waals surface area contributed by atoms with E-state index < -0.39 is 0 Å². The molecule has 2 aromatic heterocycles. The van der Waals surface area contributed by atoms with Crippen molar-refractivity contribution in [2.75, 3.05) is 26.7 Å². The van der Waals surface area contributed by atoms with Crippen molar-refractivity contribution >= 4 is 41.3 Å². The van der Waals surface area contributed by atoms with Crippen molar-refractivity contribution in [3.63, 3.8) is 0 Å². The SMILES string of the molecule is CCNC(=NCCc1cnn(C)c1)N(C)CCc1cccs1.I. The Bertz CT molecular complexity index is 579. The van der Waals surface area contributed by atoms with Crippen LogP contribution in [-0.4, -0.2) is 47.3 Å². The highest BCUT2D eigenvalue weighted by Crippen LogP contribution is 2.09. The fraction of sp³-hybridized carbons (Fsp3) is 0.500. The number of hydrogen-bond donors (Lipinski definition) is 1. The summed E-state index contributed by atoms with van der Waals surface area (Å²) in [7, 11) is 4.04. The third-order valence-corrected chi connectivity index (χ3v) is 4.33. The number of nitrogens with one attached hydrogen (secondary N) is 1. The van der Waals surface area contributed by atoms with Crippen LogP contribution in [0.1, 0.15) is 17.4 Å². The molecule has 0 saturated heterocycles. The van der Waals surface area contributed by atoms with Crippen LogP contribution in [0.4, 0.5) is 0 Å². The Morgan fingerprint density at radius 3 is 2.87 bits per heavy atom. The lowest BCUT2D eigenvalue weighted by Crippen LogP contribution is -2.40. The molecule has 0 aliphatic rings. The smallest absolute Gasteiger partial charge is 0.193 e. The van der Waals surface area contributed by atoms with Crippen molar-refractivity contribution in [3.05, 3.63) is 40.3 Å². The topological polar surface area (TPSA) is 45.5 Å². The number of guanidine groups is 1. The van der Waals surface area contributed by atoms with Crippen LogP contribution >= 0.6 is 35.3 Å². The molecule has 0 spiro atoms. The molecule has 0 aromatic carbocycles. The van der Waals surface area contributed by atoms with Crippen LogP contribution in [0.25, 0.3) is 0 Å². The van der Waals surface area contributed by atoms with Gasteiger partial charge in [-0.2, -0.15) is 5.10 Å². The highest BCUT2D eigenvalue weighted by Gasteiger charge is 2.06. The maximum Gasteiger partial charge on any atom is 0.193 e. The van der Waals surface area contributed by atoms with Crippen LogP contribution in [0.5, 0.6) is 0 Å². The lowest BCUT2D eigenvalue weighted by atomic mass is 10.2. The van der Waals surface area contributed by atoms with Gasteiger partial charge in [-0.3, -0.25) is 9.67 Å². The van der Waals surface area contributed by atoms with Crippen LogP contribution in [0.2, 0.25) is 0 Å². The molecule has 1 N–H and O–H groups in total. The highest BCUT2D eigenvalue weighted by molar-refractivity contribution is 14.0. The predicted octanol–water partition coefficient (Wildman–Crippen LogP) is 2.78. The minimum Gasteiger partial charge on any atom is -0.357 e. The number of rotatable bonds is 7. The summed E-state index contributed by atoms with van der Waals surface area (Å²) < 4.78 is 1.83. The summed E-state index contributed by atoms with van der Waals surface area (Å²) in [4.78, 5) is 8.33. The first-order chi connectivity index (χ1) is 10.7. The van der Waals surface area contributed by atoms with Crippen molar-refractivity contribution in [3.8, 4) is 0 Å². The minimum atomic E-state index is 0. The van der Waals surface area contributed by atoms with Gasteiger partial charge >= 0.3 is 0 Å². The zero-order valence-corrected chi connectivity index (χ0v) is 17.2. The van der Waals surface area contributed by atoms with Crippen molar-refractivity contribution in [2.45, 2.75) is 19.8 Å². The largest absolute Gasteiger partial charge is 0.357 e. The van der Waals surface area contributed by atoms with Gasteiger partial charge in [-0.05, 0) is 36.8 Å². The van der Waals surface area contributed by atoms with Crippen LogP contribution in [0, 0.1) is 0 Å². The van der Waals surface area contributed by atoms with Gasteiger partial charge in [0.05, 0.1) is 6.20 Å². The molecule has 0 atom stereocenters. The van der Waals surface area contributed by atoms with E-state index in [1.165, 1.54) is 10.4 Å². The average Bonchev–Trinajstić information content (AvgIpc) is 3.15. The van der Waals surface area contributed by atoms with Crippen molar-refractivity contribution in [1.82, 2.24) is 20.0 Å². The molecular formula is C16H26IN5S.